The predicted octanol–water partition coefficient (Wildman–Crippen LogP) is 3.71. The molecular weight excluding hydrogens is 332 g/mol. The van der Waals surface area contributed by atoms with Gasteiger partial charge in [-0.25, -0.2) is 0 Å². The largest absolute Gasteiger partial charge is 0.504 e. The molecule has 0 aliphatic heterocycles. The van der Waals surface area contributed by atoms with E-state index in [1.54, 1.807) is 24.3 Å². The lowest BCUT2D eigenvalue weighted by atomic mass is 10.1. The van der Waals surface area contributed by atoms with E-state index in [0.29, 0.717) is 23.7 Å². The second-order valence-corrected chi connectivity index (χ2v) is 5.22. The number of hydrogen-bond donors (Lipinski definition) is 1. The zero-order chi connectivity index (χ0) is 18.9. The van der Waals surface area contributed by atoms with Crippen molar-refractivity contribution in [1.29, 1.82) is 0 Å². The van der Waals surface area contributed by atoms with Crippen molar-refractivity contribution in [3.8, 4) is 35.3 Å². The zero-order valence-electron chi connectivity index (χ0n) is 14.7. The summed E-state index contributed by atoms with van der Waals surface area (Å²) in [6.45, 7) is 2.50. The number of carbonyl (C=O) groups is 1. The topological polar surface area (TPSA) is 65.0 Å². The maximum absolute atomic E-state index is 12.3. The van der Waals surface area contributed by atoms with Crippen LogP contribution in [-0.4, -0.2) is 31.2 Å². The van der Waals surface area contributed by atoms with Gasteiger partial charge in [0.15, 0.2) is 28.8 Å². The van der Waals surface area contributed by atoms with E-state index in [1.807, 2.05) is 6.92 Å². The Kier molecular flexibility index (Phi) is 6.69. The number of allylic oxidation sites excluding steroid dienone is 1. The van der Waals surface area contributed by atoms with Gasteiger partial charge in [0.1, 0.15) is 6.61 Å². The Hall–Kier alpha value is -3.39. The van der Waals surface area contributed by atoms with Crippen molar-refractivity contribution in [3.63, 3.8) is 0 Å². The molecule has 0 aliphatic carbocycles. The molecule has 0 atom stereocenters. The highest BCUT2D eigenvalue weighted by atomic mass is 16.5. The summed E-state index contributed by atoms with van der Waals surface area (Å²) in [7, 11) is 1.43. The number of ketones is 1. The first-order chi connectivity index (χ1) is 12.6. The first kappa shape index (κ1) is 18.9. The third-order valence-corrected chi connectivity index (χ3v) is 3.47. The van der Waals surface area contributed by atoms with Crippen molar-refractivity contribution < 1.29 is 24.1 Å². The van der Waals surface area contributed by atoms with Gasteiger partial charge in [-0.3, -0.25) is 4.79 Å². The van der Waals surface area contributed by atoms with Crippen LogP contribution in [0.1, 0.15) is 22.8 Å². The van der Waals surface area contributed by atoms with Crippen molar-refractivity contribution in [1.82, 2.24) is 0 Å². The Morgan fingerprint density at radius 3 is 2.65 bits per heavy atom. The van der Waals surface area contributed by atoms with Gasteiger partial charge in [-0.05, 0) is 48.9 Å². The number of terminal acetylenes is 1. The van der Waals surface area contributed by atoms with Crippen LogP contribution in [0.5, 0.6) is 23.0 Å². The van der Waals surface area contributed by atoms with Crippen molar-refractivity contribution in [2.24, 2.45) is 0 Å². The molecular formula is C21H20O5. The van der Waals surface area contributed by atoms with Gasteiger partial charge in [-0.15, -0.1) is 6.42 Å². The number of carbonyl (C=O) groups excluding carboxylic acids is 1. The summed E-state index contributed by atoms with van der Waals surface area (Å²) in [6, 6.07) is 9.77. The molecule has 26 heavy (non-hydrogen) atoms. The Bertz CT molecular complexity index is 846. The normalized spacial score (nSPS) is 10.3. The summed E-state index contributed by atoms with van der Waals surface area (Å²) >= 11 is 0. The van der Waals surface area contributed by atoms with E-state index < -0.39 is 0 Å². The van der Waals surface area contributed by atoms with E-state index >= 15 is 0 Å². The van der Waals surface area contributed by atoms with Gasteiger partial charge >= 0.3 is 0 Å². The number of methoxy groups -OCH3 is 1. The molecule has 0 unspecified atom stereocenters. The first-order valence-electron chi connectivity index (χ1n) is 8.01. The molecule has 0 bridgehead atoms. The van der Waals surface area contributed by atoms with E-state index in [1.165, 1.54) is 31.4 Å². The van der Waals surface area contributed by atoms with Gasteiger partial charge in [0, 0.05) is 5.56 Å². The first-order valence-corrected chi connectivity index (χ1v) is 8.01. The van der Waals surface area contributed by atoms with Crippen LogP contribution in [0.2, 0.25) is 0 Å². The second-order valence-electron chi connectivity index (χ2n) is 5.22. The maximum atomic E-state index is 12.3. The van der Waals surface area contributed by atoms with Gasteiger partial charge in [0.25, 0.3) is 0 Å². The summed E-state index contributed by atoms with van der Waals surface area (Å²) in [5, 5.41) is 9.60. The Morgan fingerprint density at radius 2 is 1.96 bits per heavy atom. The van der Waals surface area contributed by atoms with Gasteiger partial charge in [0.2, 0.25) is 0 Å². The van der Waals surface area contributed by atoms with Crippen molar-refractivity contribution in [2.45, 2.75) is 6.92 Å². The van der Waals surface area contributed by atoms with Gasteiger partial charge in [0.05, 0.1) is 13.7 Å². The number of aromatic hydroxyl groups is 1. The SMILES string of the molecule is C#CCOc1ccc(/C=C\C(=O)c2ccc(O)c(OC)c2)cc1OCC. The minimum atomic E-state index is -0.214. The molecule has 0 aromatic heterocycles. The van der Waals surface area contributed by atoms with Crippen LogP contribution in [0.3, 0.4) is 0 Å². The van der Waals surface area contributed by atoms with E-state index in [4.69, 9.17) is 20.6 Å². The quantitative estimate of drug-likeness (QED) is 0.446. The van der Waals surface area contributed by atoms with E-state index in [-0.39, 0.29) is 23.9 Å². The minimum Gasteiger partial charge on any atom is -0.504 e. The highest BCUT2D eigenvalue weighted by molar-refractivity contribution is 6.07. The van der Waals surface area contributed by atoms with Crippen molar-refractivity contribution >= 4 is 11.9 Å². The lowest BCUT2D eigenvalue weighted by Crippen LogP contribution is -1.99. The number of ether oxygens (including phenoxy) is 3. The van der Waals surface area contributed by atoms with Crippen LogP contribution in [0.25, 0.3) is 6.08 Å². The summed E-state index contributed by atoms with van der Waals surface area (Å²) in [4.78, 5) is 12.3. The van der Waals surface area contributed by atoms with E-state index in [2.05, 4.69) is 5.92 Å². The Labute approximate surface area is 152 Å². The fourth-order valence-corrected chi connectivity index (χ4v) is 2.23. The minimum absolute atomic E-state index is 0.0167. The van der Waals surface area contributed by atoms with E-state index in [9.17, 15) is 9.90 Å². The predicted molar refractivity (Wildman–Crippen MR) is 100.0 cm³/mol. The molecule has 2 aromatic rings. The van der Waals surface area contributed by atoms with Crippen molar-refractivity contribution in [3.05, 3.63) is 53.6 Å². The van der Waals surface area contributed by atoms with Crippen LogP contribution in [0.15, 0.2) is 42.5 Å². The molecule has 0 fully saturated rings. The molecule has 1 N–H and O–H groups in total. The summed E-state index contributed by atoms with van der Waals surface area (Å²) in [5.74, 6) is 3.54. The average molecular weight is 352 g/mol. The molecule has 134 valence electrons. The third-order valence-electron chi connectivity index (χ3n) is 3.47. The molecule has 0 heterocycles. The molecule has 0 amide bonds. The molecule has 0 spiro atoms. The number of benzene rings is 2. The highest BCUT2D eigenvalue weighted by Crippen LogP contribution is 2.29. The van der Waals surface area contributed by atoms with Gasteiger partial charge in [-0.1, -0.05) is 18.1 Å². The molecule has 0 radical (unpaired) electrons. The average Bonchev–Trinajstić information content (AvgIpc) is 2.66. The second kappa shape index (κ2) is 9.19. The molecule has 5 nitrogen and oxygen atoms in total. The van der Waals surface area contributed by atoms with E-state index in [0.717, 1.165) is 5.56 Å². The van der Waals surface area contributed by atoms with Gasteiger partial charge < -0.3 is 19.3 Å². The van der Waals surface area contributed by atoms with Crippen molar-refractivity contribution in [2.75, 3.05) is 20.3 Å². The standard InChI is InChI=1S/C21H20O5/c1-4-12-26-19-11-7-15(13-21(19)25-5-2)6-9-17(22)16-8-10-18(23)20(14-16)24-3/h1,6-11,13-14,23H,5,12H2,2-3H3/b9-6-. The number of rotatable bonds is 8. The highest BCUT2D eigenvalue weighted by Gasteiger charge is 2.08. The molecule has 2 rings (SSSR count). The number of phenolic OH excluding ortho intramolecular Hbond substituents is 1. The fraction of sp³-hybridized carbons (Fsp3) is 0.190. The lowest BCUT2D eigenvalue weighted by molar-refractivity contribution is 0.104. The van der Waals surface area contributed by atoms with Crippen LogP contribution >= 0.6 is 0 Å². The van der Waals surface area contributed by atoms with Crippen LogP contribution < -0.4 is 14.2 Å². The number of phenols is 1. The molecule has 0 saturated heterocycles. The monoisotopic (exact) mass is 352 g/mol. The Balaban J connectivity index is 2.20. The third kappa shape index (κ3) is 4.81. The summed E-state index contributed by atoms with van der Waals surface area (Å²) in [5.41, 5.74) is 1.19. The van der Waals surface area contributed by atoms with Crippen LogP contribution in [-0.2, 0) is 0 Å². The smallest absolute Gasteiger partial charge is 0.185 e. The van der Waals surface area contributed by atoms with Gasteiger partial charge in [-0.2, -0.15) is 0 Å². The van der Waals surface area contributed by atoms with Crippen LogP contribution in [0, 0.1) is 12.3 Å². The molecule has 2 aromatic carbocycles. The summed E-state index contributed by atoms with van der Waals surface area (Å²) in [6.07, 6.45) is 8.33. The summed E-state index contributed by atoms with van der Waals surface area (Å²) < 4.78 is 16.0. The Morgan fingerprint density at radius 1 is 1.15 bits per heavy atom. The zero-order valence-corrected chi connectivity index (χ0v) is 14.7. The maximum Gasteiger partial charge on any atom is 0.185 e. The molecule has 0 aliphatic rings. The van der Waals surface area contributed by atoms with Crippen LogP contribution in [0.4, 0.5) is 0 Å². The fourth-order valence-electron chi connectivity index (χ4n) is 2.23. The number of hydrogen-bond acceptors (Lipinski definition) is 5. The lowest BCUT2D eigenvalue weighted by Gasteiger charge is -2.11. The molecule has 0 saturated carbocycles. The molecule has 5 heteroatoms.